The summed E-state index contributed by atoms with van der Waals surface area (Å²) < 4.78 is 0. The maximum Gasteiger partial charge on any atom is 0.270 e. The molecule has 4 heteroatoms. The highest BCUT2D eigenvalue weighted by Crippen LogP contribution is 2.33. The standard InChI is InChI=1S/C22H21N3O/c1-16-6-8-17(9-7-16)14-24-22(26)20-11-10-19(15-23-20)25-13-12-18-4-2-3-5-21(18)25/h2-11,15H,12-14H2,1H3,(H,24,26). The van der Waals surface area contributed by atoms with Gasteiger partial charge in [-0.15, -0.1) is 0 Å². The highest BCUT2D eigenvalue weighted by molar-refractivity contribution is 5.92. The average molecular weight is 343 g/mol. The number of carbonyl (C=O) groups excluding carboxylic acids is 1. The number of aryl methyl sites for hydroxylation is 1. The first-order chi connectivity index (χ1) is 12.7. The monoisotopic (exact) mass is 343 g/mol. The molecule has 2 heterocycles. The minimum atomic E-state index is -0.154. The van der Waals surface area contributed by atoms with Crippen LogP contribution in [0.3, 0.4) is 0 Å². The van der Waals surface area contributed by atoms with Crippen LogP contribution in [-0.2, 0) is 13.0 Å². The van der Waals surface area contributed by atoms with E-state index in [1.807, 2.05) is 37.3 Å². The van der Waals surface area contributed by atoms with E-state index in [0.29, 0.717) is 12.2 Å². The van der Waals surface area contributed by atoms with Gasteiger partial charge in [0.05, 0.1) is 11.9 Å². The normalized spacial score (nSPS) is 12.7. The second kappa shape index (κ2) is 7.00. The van der Waals surface area contributed by atoms with E-state index in [1.54, 1.807) is 12.3 Å². The van der Waals surface area contributed by atoms with Crippen LogP contribution in [0.5, 0.6) is 0 Å². The van der Waals surface area contributed by atoms with Gasteiger partial charge in [-0.05, 0) is 42.7 Å². The number of carbonyl (C=O) groups is 1. The third kappa shape index (κ3) is 3.31. The van der Waals surface area contributed by atoms with E-state index >= 15 is 0 Å². The summed E-state index contributed by atoms with van der Waals surface area (Å²) in [5.41, 5.74) is 6.33. The number of amides is 1. The van der Waals surface area contributed by atoms with Gasteiger partial charge in [0.1, 0.15) is 5.69 Å². The van der Waals surface area contributed by atoms with Crippen molar-refractivity contribution < 1.29 is 4.79 Å². The molecule has 0 saturated carbocycles. The molecular weight excluding hydrogens is 322 g/mol. The van der Waals surface area contributed by atoms with Crippen LogP contribution in [0.15, 0.2) is 66.9 Å². The van der Waals surface area contributed by atoms with Crippen molar-refractivity contribution in [2.45, 2.75) is 19.9 Å². The zero-order chi connectivity index (χ0) is 17.9. The molecular formula is C22H21N3O. The maximum atomic E-state index is 12.3. The summed E-state index contributed by atoms with van der Waals surface area (Å²) in [7, 11) is 0. The number of nitrogens with zero attached hydrogens (tertiary/aromatic N) is 2. The van der Waals surface area contributed by atoms with Crippen molar-refractivity contribution >= 4 is 17.3 Å². The van der Waals surface area contributed by atoms with E-state index in [2.05, 4.69) is 39.5 Å². The van der Waals surface area contributed by atoms with Gasteiger partial charge in [0, 0.05) is 18.8 Å². The van der Waals surface area contributed by atoms with Crippen LogP contribution in [0, 0.1) is 6.92 Å². The van der Waals surface area contributed by atoms with Gasteiger partial charge in [0.2, 0.25) is 0 Å². The third-order valence-corrected chi connectivity index (χ3v) is 4.75. The van der Waals surface area contributed by atoms with E-state index in [9.17, 15) is 4.79 Å². The number of rotatable bonds is 4. The zero-order valence-corrected chi connectivity index (χ0v) is 14.8. The Hall–Kier alpha value is -3.14. The highest BCUT2D eigenvalue weighted by Gasteiger charge is 2.20. The van der Waals surface area contributed by atoms with Gasteiger partial charge in [-0.2, -0.15) is 0 Å². The van der Waals surface area contributed by atoms with Crippen LogP contribution < -0.4 is 10.2 Å². The Morgan fingerprint density at radius 2 is 1.88 bits per heavy atom. The van der Waals surface area contributed by atoms with E-state index < -0.39 is 0 Å². The number of aromatic nitrogens is 1. The van der Waals surface area contributed by atoms with E-state index in [0.717, 1.165) is 24.2 Å². The summed E-state index contributed by atoms with van der Waals surface area (Å²) in [6.45, 7) is 3.49. The van der Waals surface area contributed by atoms with Gasteiger partial charge < -0.3 is 10.2 Å². The van der Waals surface area contributed by atoms with Crippen molar-refractivity contribution in [3.63, 3.8) is 0 Å². The van der Waals surface area contributed by atoms with E-state index in [4.69, 9.17) is 0 Å². The Labute approximate surface area is 153 Å². The SMILES string of the molecule is Cc1ccc(CNC(=O)c2ccc(N3CCc4ccccc43)cn2)cc1. The molecule has 0 fully saturated rings. The van der Waals surface area contributed by atoms with Gasteiger partial charge in [-0.25, -0.2) is 4.98 Å². The van der Waals surface area contributed by atoms with Crippen molar-refractivity contribution in [1.29, 1.82) is 0 Å². The number of pyridine rings is 1. The van der Waals surface area contributed by atoms with Crippen LogP contribution in [-0.4, -0.2) is 17.4 Å². The number of fused-ring (bicyclic) bond motifs is 1. The second-order valence-electron chi connectivity index (χ2n) is 6.60. The van der Waals surface area contributed by atoms with Crippen molar-refractivity contribution in [2.24, 2.45) is 0 Å². The van der Waals surface area contributed by atoms with Gasteiger partial charge in [-0.3, -0.25) is 4.79 Å². The summed E-state index contributed by atoms with van der Waals surface area (Å²) in [6.07, 6.45) is 2.82. The molecule has 26 heavy (non-hydrogen) atoms. The Morgan fingerprint density at radius 1 is 1.08 bits per heavy atom. The first-order valence-corrected chi connectivity index (χ1v) is 8.86. The lowest BCUT2D eigenvalue weighted by Crippen LogP contribution is -2.24. The summed E-state index contributed by atoms with van der Waals surface area (Å²) in [4.78, 5) is 18.9. The number of hydrogen-bond acceptors (Lipinski definition) is 3. The maximum absolute atomic E-state index is 12.3. The lowest BCUT2D eigenvalue weighted by molar-refractivity contribution is 0.0946. The van der Waals surface area contributed by atoms with E-state index in [-0.39, 0.29) is 5.91 Å². The van der Waals surface area contributed by atoms with E-state index in [1.165, 1.54) is 16.8 Å². The molecule has 0 aliphatic carbocycles. The molecule has 0 spiro atoms. The Balaban J connectivity index is 1.43. The molecule has 0 bridgehead atoms. The summed E-state index contributed by atoms with van der Waals surface area (Å²) in [6, 6.07) is 20.3. The Morgan fingerprint density at radius 3 is 2.65 bits per heavy atom. The Bertz CT molecular complexity index is 917. The topological polar surface area (TPSA) is 45.2 Å². The smallest absolute Gasteiger partial charge is 0.270 e. The fraction of sp³-hybridized carbons (Fsp3) is 0.182. The predicted octanol–water partition coefficient (Wildman–Crippen LogP) is 4.01. The minimum absolute atomic E-state index is 0.154. The molecule has 1 N–H and O–H groups in total. The molecule has 1 aromatic heterocycles. The van der Waals surface area contributed by atoms with Crippen LogP contribution in [0.4, 0.5) is 11.4 Å². The molecule has 1 aliphatic rings. The molecule has 4 rings (SSSR count). The van der Waals surface area contributed by atoms with Crippen molar-refractivity contribution in [3.8, 4) is 0 Å². The highest BCUT2D eigenvalue weighted by atomic mass is 16.1. The van der Waals surface area contributed by atoms with Crippen LogP contribution in [0.25, 0.3) is 0 Å². The molecule has 0 radical (unpaired) electrons. The first kappa shape index (κ1) is 16.3. The van der Waals surface area contributed by atoms with Crippen molar-refractivity contribution in [1.82, 2.24) is 10.3 Å². The van der Waals surface area contributed by atoms with Gasteiger partial charge in [-0.1, -0.05) is 48.0 Å². The molecule has 0 saturated heterocycles. The molecule has 4 nitrogen and oxygen atoms in total. The van der Waals surface area contributed by atoms with Crippen LogP contribution >= 0.6 is 0 Å². The van der Waals surface area contributed by atoms with Crippen molar-refractivity contribution in [3.05, 3.63) is 89.2 Å². The quantitative estimate of drug-likeness (QED) is 0.778. The zero-order valence-electron chi connectivity index (χ0n) is 14.8. The molecule has 3 aromatic rings. The molecule has 2 aromatic carbocycles. The summed E-state index contributed by atoms with van der Waals surface area (Å²) in [5, 5.41) is 2.92. The lowest BCUT2D eigenvalue weighted by atomic mass is 10.1. The molecule has 1 amide bonds. The molecule has 130 valence electrons. The first-order valence-electron chi connectivity index (χ1n) is 8.86. The largest absolute Gasteiger partial charge is 0.347 e. The van der Waals surface area contributed by atoms with Gasteiger partial charge >= 0.3 is 0 Å². The fourth-order valence-corrected chi connectivity index (χ4v) is 3.27. The third-order valence-electron chi connectivity index (χ3n) is 4.75. The Kier molecular flexibility index (Phi) is 4.40. The number of nitrogens with one attached hydrogen (secondary N) is 1. The summed E-state index contributed by atoms with van der Waals surface area (Å²) in [5.74, 6) is -0.154. The fourth-order valence-electron chi connectivity index (χ4n) is 3.27. The minimum Gasteiger partial charge on any atom is -0.347 e. The number of para-hydroxylation sites is 1. The predicted molar refractivity (Wildman–Crippen MR) is 104 cm³/mol. The van der Waals surface area contributed by atoms with Crippen LogP contribution in [0.2, 0.25) is 0 Å². The molecule has 0 atom stereocenters. The van der Waals surface area contributed by atoms with Crippen molar-refractivity contribution in [2.75, 3.05) is 11.4 Å². The van der Waals surface area contributed by atoms with Gasteiger partial charge in [0.25, 0.3) is 5.91 Å². The second-order valence-corrected chi connectivity index (χ2v) is 6.60. The summed E-state index contributed by atoms with van der Waals surface area (Å²) >= 11 is 0. The number of hydrogen-bond donors (Lipinski definition) is 1. The van der Waals surface area contributed by atoms with Gasteiger partial charge in [0.15, 0.2) is 0 Å². The van der Waals surface area contributed by atoms with Crippen LogP contribution in [0.1, 0.15) is 27.2 Å². The molecule has 1 aliphatic heterocycles. The number of anilines is 2. The number of benzene rings is 2. The average Bonchev–Trinajstić information content (AvgIpc) is 3.11. The molecule has 0 unspecified atom stereocenters. The lowest BCUT2D eigenvalue weighted by Gasteiger charge is -2.19.